The fraction of sp³-hybridized carbons (Fsp3) is 0.500. The van der Waals surface area contributed by atoms with Gasteiger partial charge in [-0.15, -0.1) is 11.6 Å². The van der Waals surface area contributed by atoms with Crippen molar-refractivity contribution in [1.82, 2.24) is 0 Å². The van der Waals surface area contributed by atoms with Gasteiger partial charge in [-0.25, -0.2) is 0 Å². The zero-order chi connectivity index (χ0) is 13.0. The first-order chi connectivity index (χ1) is 7.97. The van der Waals surface area contributed by atoms with E-state index in [4.69, 9.17) is 16.3 Å². The number of carbonyl (C=O) groups excluding carboxylic acids is 1. The van der Waals surface area contributed by atoms with E-state index < -0.39 is 5.38 Å². The van der Waals surface area contributed by atoms with Gasteiger partial charge in [0.1, 0.15) is 5.75 Å². The Kier molecular flexibility index (Phi) is 5.01. The lowest BCUT2D eigenvalue weighted by Gasteiger charge is -2.13. The lowest BCUT2D eigenvalue weighted by Crippen LogP contribution is -2.13. The van der Waals surface area contributed by atoms with E-state index >= 15 is 0 Å². The Morgan fingerprint density at radius 3 is 2.47 bits per heavy atom. The van der Waals surface area contributed by atoms with Crippen LogP contribution < -0.4 is 4.74 Å². The SMILES string of the molecule is CCCOc1cc(C)c(C)cc1C(=O)C(C)Cl. The zero-order valence-electron chi connectivity index (χ0n) is 10.8. The summed E-state index contributed by atoms with van der Waals surface area (Å²) in [6.45, 7) is 8.32. The molecular formula is C14H19ClO2. The quantitative estimate of drug-likeness (QED) is 0.588. The first kappa shape index (κ1) is 14.0. The molecule has 0 heterocycles. The molecule has 2 nitrogen and oxygen atoms in total. The highest BCUT2D eigenvalue weighted by Gasteiger charge is 2.18. The van der Waals surface area contributed by atoms with Crippen molar-refractivity contribution in [3.63, 3.8) is 0 Å². The Hall–Kier alpha value is -1.02. The number of rotatable bonds is 5. The molecule has 0 aromatic heterocycles. The van der Waals surface area contributed by atoms with Crippen LogP contribution in [0, 0.1) is 13.8 Å². The van der Waals surface area contributed by atoms with E-state index in [-0.39, 0.29) is 5.78 Å². The highest BCUT2D eigenvalue weighted by Crippen LogP contribution is 2.25. The van der Waals surface area contributed by atoms with Crippen molar-refractivity contribution in [3.8, 4) is 5.75 Å². The van der Waals surface area contributed by atoms with Gasteiger partial charge in [0.05, 0.1) is 17.5 Å². The molecule has 0 bridgehead atoms. The molecule has 3 heteroatoms. The molecule has 1 atom stereocenters. The summed E-state index contributed by atoms with van der Waals surface area (Å²) >= 11 is 5.86. The van der Waals surface area contributed by atoms with Gasteiger partial charge in [0.25, 0.3) is 0 Å². The smallest absolute Gasteiger partial charge is 0.184 e. The van der Waals surface area contributed by atoms with E-state index in [0.717, 1.165) is 17.5 Å². The average molecular weight is 255 g/mol. The maximum absolute atomic E-state index is 12.0. The maximum atomic E-state index is 12.0. The normalized spacial score (nSPS) is 12.3. The van der Waals surface area contributed by atoms with Gasteiger partial charge in [0.15, 0.2) is 5.78 Å². The minimum atomic E-state index is -0.527. The zero-order valence-corrected chi connectivity index (χ0v) is 11.6. The van der Waals surface area contributed by atoms with Crippen LogP contribution in [0.5, 0.6) is 5.75 Å². The van der Waals surface area contributed by atoms with Gasteiger partial charge < -0.3 is 4.74 Å². The Balaban J connectivity index is 3.15. The number of benzene rings is 1. The maximum Gasteiger partial charge on any atom is 0.184 e. The van der Waals surface area contributed by atoms with Gasteiger partial charge in [0.2, 0.25) is 0 Å². The van der Waals surface area contributed by atoms with Gasteiger partial charge in [-0.3, -0.25) is 4.79 Å². The predicted octanol–water partition coefficient (Wildman–Crippen LogP) is 3.90. The summed E-state index contributed by atoms with van der Waals surface area (Å²) in [4.78, 5) is 12.0. The van der Waals surface area contributed by atoms with Crippen LogP contribution in [0.15, 0.2) is 12.1 Å². The van der Waals surface area contributed by atoms with E-state index in [9.17, 15) is 4.79 Å². The molecule has 1 aromatic carbocycles. The molecule has 0 N–H and O–H groups in total. The van der Waals surface area contributed by atoms with Crippen LogP contribution in [-0.2, 0) is 0 Å². The van der Waals surface area contributed by atoms with Gasteiger partial charge in [-0.05, 0) is 50.5 Å². The monoisotopic (exact) mass is 254 g/mol. The molecule has 0 aliphatic heterocycles. The van der Waals surface area contributed by atoms with Crippen molar-refractivity contribution in [2.75, 3.05) is 6.61 Å². The number of Topliss-reactive ketones (excluding diaryl/α,β-unsaturated/α-hetero) is 1. The number of hydrogen-bond acceptors (Lipinski definition) is 2. The number of carbonyl (C=O) groups is 1. The third kappa shape index (κ3) is 3.47. The minimum Gasteiger partial charge on any atom is -0.493 e. The molecule has 0 saturated heterocycles. The summed E-state index contributed by atoms with van der Waals surface area (Å²) in [5.74, 6) is 0.563. The summed E-state index contributed by atoms with van der Waals surface area (Å²) in [7, 11) is 0. The highest BCUT2D eigenvalue weighted by atomic mass is 35.5. The molecule has 0 aliphatic rings. The van der Waals surface area contributed by atoms with Gasteiger partial charge in [-0.1, -0.05) is 6.92 Å². The first-order valence-corrected chi connectivity index (χ1v) is 6.33. The third-order valence-electron chi connectivity index (χ3n) is 2.68. The number of ketones is 1. The molecule has 0 fully saturated rings. The van der Waals surface area contributed by atoms with Crippen molar-refractivity contribution >= 4 is 17.4 Å². The number of halogens is 1. The third-order valence-corrected chi connectivity index (χ3v) is 2.88. The average Bonchev–Trinajstić information content (AvgIpc) is 2.29. The number of alkyl halides is 1. The second kappa shape index (κ2) is 6.06. The Morgan fingerprint density at radius 2 is 1.94 bits per heavy atom. The number of ether oxygens (including phenoxy) is 1. The van der Waals surface area contributed by atoms with Crippen molar-refractivity contribution in [1.29, 1.82) is 0 Å². The molecule has 1 rings (SSSR count). The fourth-order valence-corrected chi connectivity index (χ4v) is 1.65. The van der Waals surface area contributed by atoms with Gasteiger partial charge in [-0.2, -0.15) is 0 Å². The van der Waals surface area contributed by atoms with Crippen LogP contribution >= 0.6 is 11.6 Å². The summed E-state index contributed by atoms with van der Waals surface area (Å²) in [5.41, 5.74) is 2.79. The predicted molar refractivity (Wildman–Crippen MR) is 71.3 cm³/mol. The largest absolute Gasteiger partial charge is 0.493 e. The molecule has 0 spiro atoms. The van der Waals surface area contributed by atoms with Crippen LogP contribution in [-0.4, -0.2) is 17.8 Å². The summed E-state index contributed by atoms with van der Waals surface area (Å²) in [6, 6.07) is 3.78. The molecule has 0 saturated carbocycles. The number of hydrogen-bond donors (Lipinski definition) is 0. The Labute approximate surface area is 108 Å². The van der Waals surface area contributed by atoms with E-state index in [1.165, 1.54) is 0 Å². The van der Waals surface area contributed by atoms with E-state index in [2.05, 4.69) is 0 Å². The fourth-order valence-electron chi connectivity index (χ4n) is 1.53. The van der Waals surface area contributed by atoms with Crippen molar-refractivity contribution in [2.45, 2.75) is 39.5 Å². The van der Waals surface area contributed by atoms with Gasteiger partial charge >= 0.3 is 0 Å². The Morgan fingerprint density at radius 1 is 1.35 bits per heavy atom. The lowest BCUT2D eigenvalue weighted by atomic mass is 10.0. The molecule has 17 heavy (non-hydrogen) atoms. The van der Waals surface area contributed by atoms with Crippen LogP contribution in [0.4, 0.5) is 0 Å². The van der Waals surface area contributed by atoms with E-state index in [1.807, 2.05) is 32.9 Å². The second-order valence-corrected chi connectivity index (χ2v) is 4.92. The molecule has 0 amide bonds. The molecular weight excluding hydrogens is 236 g/mol. The molecule has 0 radical (unpaired) electrons. The Bertz CT molecular complexity index is 411. The minimum absolute atomic E-state index is 0.0825. The van der Waals surface area contributed by atoms with Crippen molar-refractivity contribution in [2.24, 2.45) is 0 Å². The molecule has 1 aromatic rings. The van der Waals surface area contributed by atoms with Crippen LogP contribution in [0.2, 0.25) is 0 Å². The summed E-state index contributed by atoms with van der Waals surface area (Å²) < 4.78 is 5.61. The van der Waals surface area contributed by atoms with E-state index in [1.54, 1.807) is 6.92 Å². The number of aryl methyl sites for hydroxylation is 2. The van der Waals surface area contributed by atoms with Crippen LogP contribution in [0.25, 0.3) is 0 Å². The molecule has 1 unspecified atom stereocenters. The second-order valence-electron chi connectivity index (χ2n) is 4.26. The summed E-state index contributed by atoms with van der Waals surface area (Å²) in [6.07, 6.45) is 0.914. The highest BCUT2D eigenvalue weighted by molar-refractivity contribution is 6.34. The van der Waals surface area contributed by atoms with Gasteiger partial charge in [0, 0.05) is 0 Å². The molecule has 0 aliphatic carbocycles. The van der Waals surface area contributed by atoms with E-state index in [0.29, 0.717) is 17.9 Å². The van der Waals surface area contributed by atoms with Crippen LogP contribution in [0.3, 0.4) is 0 Å². The lowest BCUT2D eigenvalue weighted by molar-refractivity contribution is 0.0987. The van der Waals surface area contributed by atoms with Crippen LogP contribution in [0.1, 0.15) is 41.8 Å². The van der Waals surface area contributed by atoms with Crippen molar-refractivity contribution < 1.29 is 9.53 Å². The van der Waals surface area contributed by atoms with Crippen molar-refractivity contribution in [3.05, 3.63) is 28.8 Å². The standard InChI is InChI=1S/C14H19ClO2/c1-5-6-17-13-8-10(3)9(2)7-12(13)14(16)11(4)15/h7-8,11H,5-6H2,1-4H3. The molecule has 94 valence electrons. The first-order valence-electron chi connectivity index (χ1n) is 5.89. The summed E-state index contributed by atoms with van der Waals surface area (Å²) in [5, 5.41) is -0.527. The topological polar surface area (TPSA) is 26.3 Å².